The maximum absolute atomic E-state index is 13.0. The minimum Gasteiger partial charge on any atom is -0.342 e. The molecule has 0 aliphatic carbocycles. The van der Waals surface area contributed by atoms with E-state index in [9.17, 15) is 9.59 Å². The van der Waals surface area contributed by atoms with Gasteiger partial charge in [0.2, 0.25) is 5.91 Å². The van der Waals surface area contributed by atoms with Gasteiger partial charge in [-0.3, -0.25) is 9.59 Å². The van der Waals surface area contributed by atoms with E-state index in [-0.39, 0.29) is 23.6 Å². The maximum Gasteiger partial charge on any atom is 0.253 e. The smallest absolute Gasteiger partial charge is 0.253 e. The lowest BCUT2D eigenvalue weighted by atomic mass is 10.0. The minimum absolute atomic E-state index is 0.157. The molecule has 1 aromatic heterocycles. The molecule has 0 fully saturated rings. The van der Waals surface area contributed by atoms with Crippen LogP contribution in [0.15, 0.2) is 47.6 Å². The second-order valence-corrected chi connectivity index (χ2v) is 10.3. The summed E-state index contributed by atoms with van der Waals surface area (Å²) in [6.45, 7) is 8.64. The standard InChI is InChI=1S/C25H29Cl2N5O2S/c1-5-32-23(21(12-15(2)3)29-24(34)18-8-6-7-9-19(18)26)30-31-25(32)35-14-22(33)28-17-11-10-16(4)20(27)13-17/h6-11,13,15,21H,5,12,14H2,1-4H3,(H,28,33)(H,29,34)/t21-/m1/s1. The normalized spacial score (nSPS) is 12.0. The van der Waals surface area contributed by atoms with Gasteiger partial charge in [0.15, 0.2) is 11.0 Å². The number of aryl methyl sites for hydroxylation is 1. The molecule has 3 aromatic rings. The van der Waals surface area contributed by atoms with Gasteiger partial charge in [-0.15, -0.1) is 10.2 Å². The molecule has 0 radical (unpaired) electrons. The molecule has 1 atom stereocenters. The van der Waals surface area contributed by atoms with Gasteiger partial charge in [0, 0.05) is 17.3 Å². The summed E-state index contributed by atoms with van der Waals surface area (Å²) in [6.07, 6.45) is 0.674. The summed E-state index contributed by atoms with van der Waals surface area (Å²) in [5, 5.41) is 16.2. The highest BCUT2D eigenvalue weighted by Gasteiger charge is 2.25. The minimum atomic E-state index is -0.357. The van der Waals surface area contributed by atoms with Crippen molar-refractivity contribution in [2.45, 2.75) is 51.9 Å². The summed E-state index contributed by atoms with van der Waals surface area (Å²) in [6, 6.07) is 12.0. The molecule has 3 rings (SSSR count). The van der Waals surface area contributed by atoms with Crippen molar-refractivity contribution in [1.29, 1.82) is 0 Å². The van der Waals surface area contributed by atoms with E-state index in [1.165, 1.54) is 11.8 Å². The van der Waals surface area contributed by atoms with Crippen molar-refractivity contribution >= 4 is 52.5 Å². The molecule has 0 saturated heterocycles. The molecule has 2 N–H and O–H groups in total. The van der Waals surface area contributed by atoms with E-state index in [1.807, 2.05) is 30.5 Å². The van der Waals surface area contributed by atoms with Crippen LogP contribution in [0.1, 0.15) is 55.0 Å². The van der Waals surface area contributed by atoms with Gasteiger partial charge >= 0.3 is 0 Å². The zero-order valence-electron chi connectivity index (χ0n) is 20.1. The second-order valence-electron chi connectivity index (χ2n) is 8.52. The van der Waals surface area contributed by atoms with Crippen molar-refractivity contribution in [3.63, 3.8) is 0 Å². The SMILES string of the molecule is CCn1c(SCC(=O)Nc2ccc(C)c(Cl)c2)nnc1[C@@H](CC(C)C)NC(=O)c1ccccc1Cl. The third-order valence-electron chi connectivity index (χ3n) is 5.29. The van der Waals surface area contributed by atoms with Crippen LogP contribution in [-0.2, 0) is 11.3 Å². The third kappa shape index (κ3) is 7.22. The highest BCUT2D eigenvalue weighted by atomic mass is 35.5. The molecule has 35 heavy (non-hydrogen) atoms. The fourth-order valence-corrected chi connectivity index (χ4v) is 4.75. The molecule has 0 aliphatic rings. The monoisotopic (exact) mass is 533 g/mol. The van der Waals surface area contributed by atoms with E-state index < -0.39 is 0 Å². The van der Waals surface area contributed by atoms with E-state index in [1.54, 1.807) is 30.3 Å². The lowest BCUT2D eigenvalue weighted by Gasteiger charge is -2.21. The average molecular weight is 535 g/mol. The Bertz CT molecular complexity index is 1200. The highest BCUT2D eigenvalue weighted by Crippen LogP contribution is 2.26. The number of nitrogens with zero attached hydrogens (tertiary/aromatic N) is 3. The topological polar surface area (TPSA) is 88.9 Å². The Balaban J connectivity index is 1.73. The van der Waals surface area contributed by atoms with Crippen LogP contribution in [0.3, 0.4) is 0 Å². The fraction of sp³-hybridized carbons (Fsp3) is 0.360. The molecule has 0 unspecified atom stereocenters. The number of hydrogen-bond acceptors (Lipinski definition) is 5. The van der Waals surface area contributed by atoms with Crippen LogP contribution in [0.2, 0.25) is 10.0 Å². The van der Waals surface area contributed by atoms with Crippen LogP contribution in [0.25, 0.3) is 0 Å². The van der Waals surface area contributed by atoms with Crippen molar-refractivity contribution in [2.24, 2.45) is 5.92 Å². The van der Waals surface area contributed by atoms with E-state index in [0.717, 1.165) is 5.56 Å². The molecule has 7 nitrogen and oxygen atoms in total. The van der Waals surface area contributed by atoms with Gasteiger partial charge in [0.25, 0.3) is 5.91 Å². The van der Waals surface area contributed by atoms with Crippen LogP contribution in [0, 0.1) is 12.8 Å². The van der Waals surface area contributed by atoms with Gasteiger partial charge in [-0.1, -0.05) is 67.0 Å². The molecule has 186 valence electrons. The van der Waals surface area contributed by atoms with Crippen molar-refractivity contribution in [2.75, 3.05) is 11.1 Å². The summed E-state index contributed by atoms with van der Waals surface area (Å²) in [7, 11) is 0. The number of aromatic nitrogens is 3. The van der Waals surface area contributed by atoms with E-state index >= 15 is 0 Å². The molecule has 0 saturated carbocycles. The van der Waals surface area contributed by atoms with Crippen molar-refractivity contribution < 1.29 is 9.59 Å². The van der Waals surface area contributed by atoms with Crippen molar-refractivity contribution in [1.82, 2.24) is 20.1 Å². The van der Waals surface area contributed by atoms with Crippen LogP contribution >= 0.6 is 35.0 Å². The van der Waals surface area contributed by atoms with E-state index in [4.69, 9.17) is 23.2 Å². The zero-order valence-corrected chi connectivity index (χ0v) is 22.5. The number of benzene rings is 2. The van der Waals surface area contributed by atoms with Crippen LogP contribution in [0.5, 0.6) is 0 Å². The largest absolute Gasteiger partial charge is 0.342 e. The second kappa shape index (κ2) is 12.4. The molecule has 10 heteroatoms. The Kier molecular flexibility index (Phi) is 9.60. The molecular formula is C25H29Cl2N5O2S. The lowest BCUT2D eigenvalue weighted by molar-refractivity contribution is -0.113. The van der Waals surface area contributed by atoms with Crippen LogP contribution in [0.4, 0.5) is 5.69 Å². The van der Waals surface area contributed by atoms with Gasteiger partial charge in [0.05, 0.1) is 22.4 Å². The van der Waals surface area contributed by atoms with Crippen molar-refractivity contribution in [3.8, 4) is 0 Å². The zero-order chi connectivity index (χ0) is 25.5. The number of thioether (sulfide) groups is 1. The average Bonchev–Trinajstić information content (AvgIpc) is 3.22. The lowest BCUT2D eigenvalue weighted by Crippen LogP contribution is -2.31. The number of carbonyl (C=O) groups is 2. The Hall–Kier alpha value is -2.55. The van der Waals surface area contributed by atoms with Gasteiger partial charge in [0.1, 0.15) is 0 Å². The van der Waals surface area contributed by atoms with Crippen LogP contribution < -0.4 is 10.6 Å². The van der Waals surface area contributed by atoms with Gasteiger partial charge < -0.3 is 15.2 Å². The summed E-state index contributed by atoms with van der Waals surface area (Å²) >= 11 is 13.7. The fourth-order valence-electron chi connectivity index (χ4n) is 3.54. The first-order valence-corrected chi connectivity index (χ1v) is 13.1. The summed E-state index contributed by atoms with van der Waals surface area (Å²) in [4.78, 5) is 25.5. The predicted octanol–water partition coefficient (Wildman–Crippen LogP) is 6.16. The quantitative estimate of drug-likeness (QED) is 0.304. The summed E-state index contributed by atoms with van der Waals surface area (Å²) < 4.78 is 1.93. The molecule has 1 heterocycles. The Labute approximate surface area is 220 Å². The van der Waals surface area contributed by atoms with E-state index in [0.29, 0.717) is 51.2 Å². The molecule has 2 amide bonds. The number of anilines is 1. The number of halogens is 2. The summed E-state index contributed by atoms with van der Waals surface area (Å²) in [5.74, 6) is 0.668. The number of nitrogens with one attached hydrogen (secondary N) is 2. The Morgan fingerprint density at radius 2 is 1.83 bits per heavy atom. The molecule has 2 aromatic carbocycles. The van der Waals surface area contributed by atoms with Gasteiger partial charge in [-0.25, -0.2) is 0 Å². The predicted molar refractivity (Wildman–Crippen MR) is 142 cm³/mol. The number of amides is 2. The highest BCUT2D eigenvalue weighted by molar-refractivity contribution is 7.99. The first-order chi connectivity index (χ1) is 16.7. The summed E-state index contributed by atoms with van der Waals surface area (Å²) in [5.41, 5.74) is 2.00. The Morgan fingerprint density at radius 1 is 1.09 bits per heavy atom. The number of hydrogen-bond donors (Lipinski definition) is 2. The molecular weight excluding hydrogens is 505 g/mol. The molecule has 0 spiro atoms. The Morgan fingerprint density at radius 3 is 2.49 bits per heavy atom. The number of carbonyl (C=O) groups excluding carboxylic acids is 2. The third-order valence-corrected chi connectivity index (χ3v) is 7.00. The van der Waals surface area contributed by atoms with Crippen molar-refractivity contribution in [3.05, 3.63) is 69.5 Å². The first kappa shape index (κ1) is 27.0. The molecule has 0 aliphatic heterocycles. The number of rotatable bonds is 10. The van der Waals surface area contributed by atoms with Gasteiger partial charge in [-0.05, 0) is 56.0 Å². The van der Waals surface area contributed by atoms with Crippen LogP contribution in [-0.4, -0.2) is 32.3 Å². The first-order valence-electron chi connectivity index (χ1n) is 11.4. The molecule has 0 bridgehead atoms. The maximum atomic E-state index is 13.0. The van der Waals surface area contributed by atoms with Gasteiger partial charge in [-0.2, -0.15) is 0 Å². The van der Waals surface area contributed by atoms with E-state index in [2.05, 4.69) is 34.7 Å².